The highest BCUT2D eigenvalue weighted by Crippen LogP contribution is 2.30. The second-order valence-electron chi connectivity index (χ2n) is 3.99. The summed E-state index contributed by atoms with van der Waals surface area (Å²) < 4.78 is 27.0. The molecular formula is C10H11Cl2NO5S. The van der Waals surface area contributed by atoms with Gasteiger partial charge in [0.15, 0.2) is 5.75 Å². The largest absolute Gasteiger partial charge is 0.486 e. The molecule has 0 fully saturated rings. The third kappa shape index (κ3) is 5.63. The van der Waals surface area contributed by atoms with Crippen LogP contribution in [0.3, 0.4) is 0 Å². The fraction of sp³-hybridized carbons (Fsp3) is 0.400. The Kier molecular flexibility index (Phi) is 5.39. The molecule has 0 saturated carbocycles. The summed E-state index contributed by atoms with van der Waals surface area (Å²) in [5.74, 6) is -0.623. The van der Waals surface area contributed by atoms with Crippen LogP contribution >= 0.6 is 22.3 Å². The van der Waals surface area contributed by atoms with Gasteiger partial charge in [-0.1, -0.05) is 18.5 Å². The van der Waals surface area contributed by atoms with Crippen LogP contribution in [0.5, 0.6) is 5.75 Å². The Balaban J connectivity index is 2.75. The van der Waals surface area contributed by atoms with Crippen molar-refractivity contribution in [3.8, 4) is 5.75 Å². The Morgan fingerprint density at radius 2 is 2.11 bits per heavy atom. The highest BCUT2D eigenvalue weighted by atomic mass is 35.7. The number of nitro benzene ring substituents is 1. The molecular weight excluding hydrogens is 317 g/mol. The fourth-order valence-electron chi connectivity index (χ4n) is 1.38. The Labute approximate surface area is 119 Å². The standard InChI is InChI=1S/C10H11Cl2NO5S/c1-7(6-19(12,16)17)5-18-10-3-2-8(11)4-9(10)13(14)15/h2-4,7H,5-6H2,1H3. The van der Waals surface area contributed by atoms with Crippen LogP contribution in [0, 0.1) is 16.0 Å². The Hall–Kier alpha value is -1.05. The molecule has 0 bridgehead atoms. The molecule has 6 nitrogen and oxygen atoms in total. The summed E-state index contributed by atoms with van der Waals surface area (Å²) in [5.41, 5.74) is -0.270. The summed E-state index contributed by atoms with van der Waals surface area (Å²) in [4.78, 5) is 10.2. The number of halogens is 2. The summed E-state index contributed by atoms with van der Waals surface area (Å²) >= 11 is 5.65. The zero-order valence-corrected chi connectivity index (χ0v) is 12.2. The van der Waals surface area contributed by atoms with Gasteiger partial charge in [-0.2, -0.15) is 0 Å². The first-order valence-corrected chi connectivity index (χ1v) is 8.04. The molecule has 19 heavy (non-hydrogen) atoms. The predicted molar refractivity (Wildman–Crippen MR) is 72.4 cm³/mol. The van der Waals surface area contributed by atoms with Crippen molar-refractivity contribution < 1.29 is 18.1 Å². The summed E-state index contributed by atoms with van der Waals surface area (Å²) in [5, 5.41) is 11.0. The van der Waals surface area contributed by atoms with Gasteiger partial charge in [-0.3, -0.25) is 10.1 Å². The normalized spacial score (nSPS) is 13.0. The van der Waals surface area contributed by atoms with E-state index in [1.54, 1.807) is 6.92 Å². The zero-order chi connectivity index (χ0) is 14.6. The van der Waals surface area contributed by atoms with E-state index in [-0.39, 0.29) is 28.8 Å². The molecule has 0 aliphatic heterocycles. The van der Waals surface area contributed by atoms with Gasteiger partial charge in [0.25, 0.3) is 0 Å². The first kappa shape index (κ1) is 16.0. The molecule has 1 atom stereocenters. The van der Waals surface area contributed by atoms with E-state index in [4.69, 9.17) is 27.0 Å². The van der Waals surface area contributed by atoms with Crippen LogP contribution in [0.2, 0.25) is 5.02 Å². The molecule has 9 heteroatoms. The van der Waals surface area contributed by atoms with Gasteiger partial charge in [0, 0.05) is 27.7 Å². The van der Waals surface area contributed by atoms with Gasteiger partial charge in [0.1, 0.15) is 0 Å². The van der Waals surface area contributed by atoms with Crippen molar-refractivity contribution in [1.29, 1.82) is 0 Å². The maximum atomic E-state index is 10.9. The van der Waals surface area contributed by atoms with Crippen LogP contribution in [-0.2, 0) is 9.05 Å². The molecule has 0 amide bonds. The van der Waals surface area contributed by atoms with E-state index in [9.17, 15) is 18.5 Å². The number of ether oxygens (including phenoxy) is 1. The van der Waals surface area contributed by atoms with Crippen LogP contribution < -0.4 is 4.74 Å². The number of nitro groups is 1. The molecule has 0 aromatic heterocycles. The van der Waals surface area contributed by atoms with Crippen molar-refractivity contribution in [2.24, 2.45) is 5.92 Å². The van der Waals surface area contributed by atoms with Crippen molar-refractivity contribution in [2.75, 3.05) is 12.4 Å². The number of rotatable bonds is 6. The lowest BCUT2D eigenvalue weighted by Crippen LogP contribution is -2.16. The molecule has 0 spiro atoms. The second kappa shape index (κ2) is 6.40. The minimum absolute atomic E-state index is 0.00553. The highest BCUT2D eigenvalue weighted by Gasteiger charge is 2.18. The van der Waals surface area contributed by atoms with Crippen molar-refractivity contribution in [2.45, 2.75) is 6.92 Å². The minimum atomic E-state index is -3.62. The van der Waals surface area contributed by atoms with Crippen molar-refractivity contribution in [1.82, 2.24) is 0 Å². The molecule has 1 rings (SSSR count). The van der Waals surface area contributed by atoms with Crippen LogP contribution in [0.25, 0.3) is 0 Å². The quantitative estimate of drug-likeness (QED) is 0.455. The predicted octanol–water partition coefficient (Wildman–Crippen LogP) is 2.83. The van der Waals surface area contributed by atoms with Crippen LogP contribution in [0.4, 0.5) is 5.69 Å². The average molecular weight is 328 g/mol. The van der Waals surface area contributed by atoms with Crippen molar-refractivity contribution in [3.05, 3.63) is 33.3 Å². The van der Waals surface area contributed by atoms with Gasteiger partial charge >= 0.3 is 5.69 Å². The highest BCUT2D eigenvalue weighted by molar-refractivity contribution is 8.13. The first-order valence-electron chi connectivity index (χ1n) is 5.18. The molecule has 106 valence electrons. The van der Waals surface area contributed by atoms with Crippen LogP contribution in [0.15, 0.2) is 18.2 Å². The minimum Gasteiger partial charge on any atom is -0.486 e. The molecule has 1 unspecified atom stereocenters. The Morgan fingerprint density at radius 1 is 1.47 bits per heavy atom. The smallest absolute Gasteiger partial charge is 0.312 e. The lowest BCUT2D eigenvalue weighted by atomic mass is 10.2. The molecule has 0 N–H and O–H groups in total. The van der Waals surface area contributed by atoms with E-state index >= 15 is 0 Å². The Morgan fingerprint density at radius 3 is 2.63 bits per heavy atom. The van der Waals surface area contributed by atoms with E-state index in [0.717, 1.165) is 0 Å². The SMILES string of the molecule is CC(COc1ccc(Cl)cc1[N+](=O)[O-])CS(=O)(=O)Cl. The molecule has 1 aromatic carbocycles. The van der Waals surface area contributed by atoms with Gasteiger partial charge in [0.05, 0.1) is 17.3 Å². The lowest BCUT2D eigenvalue weighted by Gasteiger charge is -2.11. The molecule has 0 saturated heterocycles. The number of nitrogens with zero attached hydrogens (tertiary/aromatic N) is 1. The molecule has 0 heterocycles. The molecule has 0 aliphatic rings. The van der Waals surface area contributed by atoms with Crippen LogP contribution in [-0.4, -0.2) is 25.7 Å². The molecule has 0 aliphatic carbocycles. The van der Waals surface area contributed by atoms with E-state index in [0.29, 0.717) is 0 Å². The van der Waals surface area contributed by atoms with Crippen LogP contribution in [0.1, 0.15) is 6.92 Å². The topological polar surface area (TPSA) is 86.5 Å². The van der Waals surface area contributed by atoms with Gasteiger partial charge < -0.3 is 4.74 Å². The third-order valence-electron chi connectivity index (χ3n) is 2.12. The fourth-order valence-corrected chi connectivity index (χ4v) is 2.96. The number of hydrogen-bond acceptors (Lipinski definition) is 5. The van der Waals surface area contributed by atoms with E-state index in [1.165, 1.54) is 18.2 Å². The first-order chi connectivity index (χ1) is 8.69. The monoisotopic (exact) mass is 327 g/mol. The van der Waals surface area contributed by atoms with E-state index in [1.807, 2.05) is 0 Å². The van der Waals surface area contributed by atoms with E-state index in [2.05, 4.69) is 0 Å². The molecule has 0 radical (unpaired) electrons. The Bertz CT molecular complexity index is 575. The maximum Gasteiger partial charge on any atom is 0.312 e. The number of hydrogen-bond donors (Lipinski definition) is 0. The van der Waals surface area contributed by atoms with Gasteiger partial charge in [0.2, 0.25) is 9.05 Å². The van der Waals surface area contributed by atoms with Crippen molar-refractivity contribution >= 4 is 37.0 Å². The number of benzene rings is 1. The third-order valence-corrected chi connectivity index (χ3v) is 3.70. The maximum absolute atomic E-state index is 10.9. The summed E-state index contributed by atoms with van der Waals surface area (Å²) in [6.45, 7) is 1.61. The second-order valence-corrected chi connectivity index (χ2v) is 7.25. The van der Waals surface area contributed by atoms with Crippen molar-refractivity contribution in [3.63, 3.8) is 0 Å². The summed E-state index contributed by atoms with van der Waals surface area (Å²) in [7, 11) is 1.48. The van der Waals surface area contributed by atoms with Gasteiger partial charge in [-0.25, -0.2) is 8.42 Å². The van der Waals surface area contributed by atoms with Gasteiger partial charge in [-0.15, -0.1) is 0 Å². The van der Waals surface area contributed by atoms with Gasteiger partial charge in [-0.05, 0) is 12.1 Å². The zero-order valence-electron chi connectivity index (χ0n) is 9.88. The average Bonchev–Trinajstić information content (AvgIpc) is 2.24. The lowest BCUT2D eigenvalue weighted by molar-refractivity contribution is -0.385. The summed E-state index contributed by atoms with van der Waals surface area (Å²) in [6.07, 6.45) is 0. The molecule has 1 aromatic rings. The van der Waals surface area contributed by atoms with E-state index < -0.39 is 19.9 Å². The summed E-state index contributed by atoms with van der Waals surface area (Å²) in [6, 6.07) is 3.98.